The summed E-state index contributed by atoms with van der Waals surface area (Å²) in [7, 11) is 0. The van der Waals surface area contributed by atoms with Gasteiger partial charge < -0.3 is 20.4 Å². The van der Waals surface area contributed by atoms with E-state index < -0.39 is 34.8 Å². The van der Waals surface area contributed by atoms with Crippen molar-refractivity contribution in [3.05, 3.63) is 69.2 Å². The maximum atomic E-state index is 14.3. The van der Waals surface area contributed by atoms with Crippen LogP contribution in [-0.2, 0) is 12.6 Å². The highest BCUT2D eigenvalue weighted by Gasteiger charge is 2.37. The molecule has 0 bridgehead atoms. The Morgan fingerprint density at radius 1 is 1.16 bits per heavy atom. The van der Waals surface area contributed by atoms with Crippen LogP contribution in [0.25, 0.3) is 11.0 Å². The number of aromatic nitrogens is 3. The van der Waals surface area contributed by atoms with Gasteiger partial charge in [-0.3, -0.25) is 9.78 Å². The summed E-state index contributed by atoms with van der Waals surface area (Å²) in [6.07, 6.45) is -1.50. The van der Waals surface area contributed by atoms with Crippen molar-refractivity contribution < 1.29 is 27.1 Å². The highest BCUT2D eigenvalue weighted by atomic mass is 35.5. The van der Waals surface area contributed by atoms with Crippen molar-refractivity contribution in [3.8, 4) is 5.75 Å². The molecule has 0 fully saturated rings. The number of H-pyrrole nitrogens is 1. The van der Waals surface area contributed by atoms with E-state index in [-0.39, 0.29) is 27.3 Å². The number of halogens is 6. The number of nitrogens with zero attached hydrogens (tertiary/aromatic N) is 2. The van der Waals surface area contributed by atoms with E-state index in [9.17, 15) is 22.4 Å². The van der Waals surface area contributed by atoms with E-state index in [4.69, 9.17) is 27.9 Å². The van der Waals surface area contributed by atoms with E-state index in [0.717, 1.165) is 0 Å². The molecule has 1 aliphatic heterocycles. The molecular weight excluding hydrogens is 537 g/mol. The lowest BCUT2D eigenvalue weighted by atomic mass is 9.98. The summed E-state index contributed by atoms with van der Waals surface area (Å²) in [5.74, 6) is -1.39. The summed E-state index contributed by atoms with van der Waals surface area (Å²) >= 11 is 12.4. The second-order valence-electron chi connectivity index (χ2n) is 9.00. The second kappa shape index (κ2) is 8.77. The first-order chi connectivity index (χ1) is 17.3. The zero-order chi connectivity index (χ0) is 26.7. The third-order valence-corrected chi connectivity index (χ3v) is 6.27. The molecule has 0 saturated carbocycles. The van der Waals surface area contributed by atoms with Gasteiger partial charge in [0.15, 0.2) is 0 Å². The number of carbonyl (C=O) groups is 1. The van der Waals surface area contributed by atoms with Crippen molar-refractivity contribution in [2.45, 2.75) is 32.0 Å². The Labute approximate surface area is 217 Å². The van der Waals surface area contributed by atoms with Gasteiger partial charge in [-0.25, -0.2) is 9.37 Å². The Morgan fingerprint density at radius 3 is 2.54 bits per heavy atom. The van der Waals surface area contributed by atoms with E-state index in [1.807, 2.05) is 13.8 Å². The van der Waals surface area contributed by atoms with Gasteiger partial charge in [-0.15, -0.1) is 0 Å². The first kappa shape index (κ1) is 25.1. The first-order valence-corrected chi connectivity index (χ1v) is 11.6. The minimum Gasteiger partial charge on any atom is -0.486 e. The summed E-state index contributed by atoms with van der Waals surface area (Å²) in [4.78, 5) is 24.7. The molecule has 3 N–H and O–H groups in total. The van der Waals surface area contributed by atoms with Crippen molar-refractivity contribution in [1.29, 1.82) is 0 Å². The van der Waals surface area contributed by atoms with Gasteiger partial charge >= 0.3 is 6.18 Å². The molecule has 1 aliphatic rings. The molecule has 0 radical (unpaired) electrons. The number of carbonyl (C=O) groups excluding carboxylic acids is 1. The molecule has 0 unspecified atom stereocenters. The summed E-state index contributed by atoms with van der Waals surface area (Å²) in [5.41, 5.74) is -0.486. The molecule has 1 amide bonds. The van der Waals surface area contributed by atoms with Crippen molar-refractivity contribution in [2.75, 3.05) is 10.6 Å². The monoisotopic (exact) mass is 553 g/mol. The summed E-state index contributed by atoms with van der Waals surface area (Å²) < 4.78 is 59.7. The SMILES string of the molecule is CC1(C)Cc2c(c(C(=O)Nc3cc(C(F)(F)F)ccc3F)cc3nc(Nc4c(Cl)cncc4Cl)[nH]c23)O1. The van der Waals surface area contributed by atoms with Crippen LogP contribution >= 0.6 is 23.2 Å². The number of alkyl halides is 3. The lowest BCUT2D eigenvalue weighted by Crippen LogP contribution is -2.25. The molecular formula is C24H17Cl2F4N5O2. The van der Waals surface area contributed by atoms with Crippen LogP contribution < -0.4 is 15.4 Å². The van der Waals surface area contributed by atoms with Gasteiger partial charge in [0.2, 0.25) is 5.95 Å². The molecule has 0 atom stereocenters. The van der Waals surface area contributed by atoms with Crippen LogP contribution in [0.1, 0.15) is 35.3 Å². The molecule has 4 aromatic rings. The van der Waals surface area contributed by atoms with Gasteiger partial charge in [0.1, 0.15) is 17.2 Å². The standard InChI is InChI=1S/C24H17Cl2F4N5O2/c1-23(2)7-12-18-17(33-22(34-18)35-19-13(25)8-31-9-14(19)26)6-11(20(12)37-23)21(36)32-16-5-10(24(28,29)30)3-4-15(16)27/h3-6,8-9H,7H2,1-2H3,(H,32,36)(H2,31,33,34,35). The number of imidazole rings is 1. The van der Waals surface area contributed by atoms with Crippen LogP contribution in [0.2, 0.25) is 10.0 Å². The average Bonchev–Trinajstić information content (AvgIpc) is 3.35. The molecule has 192 valence electrons. The molecule has 2 aromatic carbocycles. The van der Waals surface area contributed by atoms with E-state index in [2.05, 4.69) is 25.6 Å². The number of nitrogens with one attached hydrogen (secondary N) is 3. The lowest BCUT2D eigenvalue weighted by Gasteiger charge is -2.18. The number of fused-ring (bicyclic) bond motifs is 3. The molecule has 2 aromatic heterocycles. The number of hydrogen-bond acceptors (Lipinski definition) is 5. The topological polar surface area (TPSA) is 91.9 Å². The van der Waals surface area contributed by atoms with Gasteiger partial charge in [-0.1, -0.05) is 23.2 Å². The predicted octanol–water partition coefficient (Wildman–Crippen LogP) is 7.13. The molecule has 13 heteroatoms. The molecule has 0 aliphatic carbocycles. The van der Waals surface area contributed by atoms with Crippen LogP contribution in [0.4, 0.5) is 34.9 Å². The number of aromatic amines is 1. The summed E-state index contributed by atoms with van der Waals surface area (Å²) in [6, 6.07) is 3.19. The Hall–Kier alpha value is -3.57. The maximum Gasteiger partial charge on any atom is 0.416 e. The number of hydrogen-bond donors (Lipinski definition) is 3. The largest absolute Gasteiger partial charge is 0.486 e. The molecule has 7 nitrogen and oxygen atoms in total. The van der Waals surface area contributed by atoms with Gasteiger partial charge in [-0.2, -0.15) is 13.2 Å². The predicted molar refractivity (Wildman–Crippen MR) is 131 cm³/mol. The van der Waals surface area contributed by atoms with E-state index in [0.29, 0.717) is 46.9 Å². The Kier molecular flexibility index (Phi) is 5.95. The van der Waals surface area contributed by atoms with Crippen LogP contribution in [0, 0.1) is 5.82 Å². The van der Waals surface area contributed by atoms with Crippen LogP contribution in [0.3, 0.4) is 0 Å². The Balaban J connectivity index is 1.56. The van der Waals surface area contributed by atoms with E-state index in [1.165, 1.54) is 18.5 Å². The van der Waals surface area contributed by atoms with Crippen molar-refractivity contribution >= 4 is 57.5 Å². The van der Waals surface area contributed by atoms with Crippen molar-refractivity contribution in [1.82, 2.24) is 15.0 Å². The fraction of sp³-hybridized carbons (Fsp3) is 0.208. The minimum absolute atomic E-state index is 0.0112. The van der Waals surface area contributed by atoms with E-state index >= 15 is 0 Å². The maximum absolute atomic E-state index is 14.3. The average molecular weight is 554 g/mol. The molecule has 0 saturated heterocycles. The molecule has 37 heavy (non-hydrogen) atoms. The fourth-order valence-corrected chi connectivity index (χ4v) is 4.55. The zero-order valence-electron chi connectivity index (χ0n) is 19.1. The Bertz CT molecular complexity index is 1550. The first-order valence-electron chi connectivity index (χ1n) is 10.8. The zero-order valence-corrected chi connectivity index (χ0v) is 20.7. The van der Waals surface area contributed by atoms with Crippen LogP contribution in [0.15, 0.2) is 36.7 Å². The third kappa shape index (κ3) is 4.76. The van der Waals surface area contributed by atoms with Crippen molar-refractivity contribution in [2.24, 2.45) is 0 Å². The smallest absolute Gasteiger partial charge is 0.416 e. The van der Waals surface area contributed by atoms with Gasteiger partial charge in [0, 0.05) is 24.4 Å². The number of amides is 1. The summed E-state index contributed by atoms with van der Waals surface area (Å²) in [5, 5.41) is 5.73. The van der Waals surface area contributed by atoms with Crippen molar-refractivity contribution in [3.63, 3.8) is 0 Å². The highest BCUT2D eigenvalue weighted by Crippen LogP contribution is 2.43. The Morgan fingerprint density at radius 2 is 1.86 bits per heavy atom. The lowest BCUT2D eigenvalue weighted by molar-refractivity contribution is -0.137. The molecule has 3 heterocycles. The number of pyridine rings is 1. The van der Waals surface area contributed by atoms with Gasteiger partial charge in [-0.05, 0) is 38.1 Å². The second-order valence-corrected chi connectivity index (χ2v) is 9.81. The normalized spacial score (nSPS) is 14.4. The van der Waals surface area contributed by atoms with Crippen LogP contribution in [-0.4, -0.2) is 26.5 Å². The van der Waals surface area contributed by atoms with Gasteiger partial charge in [0.05, 0.1) is 43.6 Å². The number of benzene rings is 2. The fourth-order valence-electron chi connectivity index (χ4n) is 4.09. The quantitative estimate of drug-likeness (QED) is 0.234. The van der Waals surface area contributed by atoms with E-state index in [1.54, 1.807) is 0 Å². The molecule has 5 rings (SSSR count). The van der Waals surface area contributed by atoms with Gasteiger partial charge in [0.25, 0.3) is 5.91 Å². The minimum atomic E-state index is -4.71. The number of ether oxygens (including phenoxy) is 1. The van der Waals surface area contributed by atoms with Crippen LogP contribution in [0.5, 0.6) is 5.75 Å². The number of anilines is 3. The third-order valence-electron chi connectivity index (χ3n) is 5.70. The highest BCUT2D eigenvalue weighted by molar-refractivity contribution is 6.39. The molecule has 0 spiro atoms. The summed E-state index contributed by atoms with van der Waals surface area (Å²) in [6.45, 7) is 3.64. The number of rotatable bonds is 4.